The van der Waals surface area contributed by atoms with E-state index in [1.807, 2.05) is 13.0 Å². The topological polar surface area (TPSA) is 86.7 Å². The zero-order valence-corrected chi connectivity index (χ0v) is 19.6. The number of unbranched alkanes of at least 4 members (excludes halogenated alkanes) is 1. The van der Waals surface area contributed by atoms with Crippen molar-refractivity contribution < 1.29 is 18.3 Å². The quantitative estimate of drug-likeness (QED) is 0.392. The maximum Gasteiger partial charge on any atom is 0.303 e. The Morgan fingerprint density at radius 1 is 1.19 bits per heavy atom. The molecule has 2 aromatic rings. The smallest absolute Gasteiger partial charge is 0.303 e. The van der Waals surface area contributed by atoms with Crippen LogP contribution in [0.3, 0.4) is 0 Å². The molecule has 2 N–H and O–H groups in total. The van der Waals surface area contributed by atoms with E-state index in [1.165, 1.54) is 23.3 Å². The number of halogens is 1. The number of aryl methyl sites for hydroxylation is 1. The average molecular weight is 477 g/mol. The second kappa shape index (κ2) is 11.1. The minimum Gasteiger partial charge on any atom is -0.481 e. The molecule has 0 aliphatic carbocycles. The second-order valence-corrected chi connectivity index (χ2v) is 10.4. The van der Waals surface area contributed by atoms with Crippen LogP contribution in [0.15, 0.2) is 65.6 Å². The number of carboxylic acid groups (broad SMARTS) is 1. The van der Waals surface area contributed by atoms with Crippen molar-refractivity contribution in [3.05, 3.63) is 76.8 Å². The molecule has 1 aliphatic heterocycles. The number of likely N-dealkylation sites (tertiary alicyclic amines) is 1. The molecule has 0 amide bonds. The third kappa shape index (κ3) is 7.17. The highest BCUT2D eigenvalue weighted by Gasteiger charge is 2.33. The number of hydrogen-bond acceptors (Lipinski definition) is 4. The summed E-state index contributed by atoms with van der Waals surface area (Å²) in [7, 11) is -3.65. The Labute approximate surface area is 195 Å². The Hall–Kier alpha value is -2.19. The van der Waals surface area contributed by atoms with E-state index in [1.54, 1.807) is 12.1 Å². The maximum atomic E-state index is 12.8. The summed E-state index contributed by atoms with van der Waals surface area (Å²) in [6, 6.07) is 14.3. The third-order valence-electron chi connectivity index (χ3n) is 5.52. The van der Waals surface area contributed by atoms with Crippen molar-refractivity contribution in [3.63, 3.8) is 0 Å². The number of sulfonamides is 1. The summed E-state index contributed by atoms with van der Waals surface area (Å²) < 4.78 is 28.5. The predicted octanol–water partition coefficient (Wildman–Crippen LogP) is 4.38. The van der Waals surface area contributed by atoms with E-state index in [9.17, 15) is 13.2 Å². The first-order chi connectivity index (χ1) is 15.2. The number of nitrogens with one attached hydrogen (secondary N) is 1. The highest BCUT2D eigenvalue weighted by Crippen LogP contribution is 2.24. The van der Waals surface area contributed by atoms with Crippen LogP contribution < -0.4 is 4.72 Å². The minimum absolute atomic E-state index is 0.0686. The number of allylic oxidation sites excluding steroid dienone is 1. The van der Waals surface area contributed by atoms with Gasteiger partial charge in [-0.25, -0.2) is 13.1 Å². The molecule has 1 fully saturated rings. The summed E-state index contributed by atoms with van der Waals surface area (Å²) >= 11 is 5.88. The Kier molecular flexibility index (Phi) is 8.48. The minimum atomic E-state index is -3.65. The molecule has 8 heteroatoms. The van der Waals surface area contributed by atoms with E-state index in [0.717, 1.165) is 0 Å². The van der Waals surface area contributed by atoms with Gasteiger partial charge in [-0.15, -0.1) is 0 Å². The van der Waals surface area contributed by atoms with Crippen LogP contribution >= 0.6 is 11.6 Å². The number of benzene rings is 2. The fourth-order valence-corrected chi connectivity index (χ4v) is 5.22. The van der Waals surface area contributed by atoms with Crippen molar-refractivity contribution in [2.24, 2.45) is 0 Å². The Bertz CT molecular complexity index is 1040. The molecule has 6 nitrogen and oxygen atoms in total. The third-order valence-corrected chi connectivity index (χ3v) is 7.31. The summed E-state index contributed by atoms with van der Waals surface area (Å²) in [4.78, 5) is 13.2. The largest absolute Gasteiger partial charge is 0.481 e. The van der Waals surface area contributed by atoms with E-state index in [2.05, 4.69) is 40.0 Å². The molecular weight excluding hydrogens is 448 g/mol. The van der Waals surface area contributed by atoms with Crippen molar-refractivity contribution in [1.82, 2.24) is 9.62 Å². The van der Waals surface area contributed by atoms with Gasteiger partial charge in [0.05, 0.1) is 4.90 Å². The molecule has 172 valence electrons. The lowest BCUT2D eigenvalue weighted by atomic mass is 10.1. The lowest BCUT2D eigenvalue weighted by molar-refractivity contribution is -0.137. The molecule has 0 unspecified atom stereocenters. The van der Waals surface area contributed by atoms with Gasteiger partial charge in [-0.3, -0.25) is 9.69 Å². The monoisotopic (exact) mass is 476 g/mol. The zero-order chi connectivity index (χ0) is 23.1. The van der Waals surface area contributed by atoms with Gasteiger partial charge in [0.15, 0.2) is 0 Å². The first-order valence-corrected chi connectivity index (χ1v) is 12.5. The molecule has 0 saturated carbocycles. The molecule has 0 radical (unpaired) electrons. The number of hydrogen-bond donors (Lipinski definition) is 2. The van der Waals surface area contributed by atoms with Gasteiger partial charge in [-0.05, 0) is 56.0 Å². The maximum absolute atomic E-state index is 12.8. The molecule has 0 spiro atoms. The summed E-state index contributed by atoms with van der Waals surface area (Å²) in [6.45, 7) is 3.35. The van der Waals surface area contributed by atoms with Crippen LogP contribution in [0.5, 0.6) is 0 Å². The summed E-state index contributed by atoms with van der Waals surface area (Å²) in [5, 5.41) is 9.29. The van der Waals surface area contributed by atoms with E-state index in [0.29, 0.717) is 37.4 Å². The van der Waals surface area contributed by atoms with Gasteiger partial charge in [0, 0.05) is 36.6 Å². The summed E-state index contributed by atoms with van der Waals surface area (Å²) in [5.74, 6) is -0.795. The van der Waals surface area contributed by atoms with Gasteiger partial charge < -0.3 is 5.11 Å². The normalized spacial score (nSPS) is 19.6. The number of carboxylic acids is 1. The molecule has 2 aromatic carbocycles. The van der Waals surface area contributed by atoms with Crippen molar-refractivity contribution in [3.8, 4) is 0 Å². The Morgan fingerprint density at radius 2 is 1.88 bits per heavy atom. The zero-order valence-electron chi connectivity index (χ0n) is 18.1. The van der Waals surface area contributed by atoms with Crippen molar-refractivity contribution >= 4 is 27.6 Å². The highest BCUT2D eigenvalue weighted by molar-refractivity contribution is 7.89. The van der Waals surface area contributed by atoms with Crippen LogP contribution in [-0.2, 0) is 21.4 Å². The fourth-order valence-electron chi connectivity index (χ4n) is 3.85. The fraction of sp³-hybridized carbons (Fsp3) is 0.375. The lowest BCUT2D eigenvalue weighted by Crippen LogP contribution is -2.37. The van der Waals surface area contributed by atoms with Gasteiger partial charge in [-0.1, -0.05) is 53.6 Å². The number of carbonyl (C=O) groups is 1. The Balaban J connectivity index is 1.69. The molecule has 2 atom stereocenters. The first kappa shape index (κ1) is 24.5. The van der Waals surface area contributed by atoms with Crippen molar-refractivity contribution in [2.75, 3.05) is 6.54 Å². The van der Waals surface area contributed by atoms with E-state index in [4.69, 9.17) is 16.7 Å². The van der Waals surface area contributed by atoms with Crippen LogP contribution in [0.1, 0.15) is 36.8 Å². The first-order valence-electron chi connectivity index (χ1n) is 10.7. The molecule has 32 heavy (non-hydrogen) atoms. The molecular formula is C24H29ClN2O4S. The SMILES string of the molecule is Cc1ccc(CN2C[C@H](NS(=O)(=O)c3ccc(Cl)cc3)C[C@H]2C=CCCCC(=O)O)cc1. The number of nitrogens with zero attached hydrogens (tertiary/aromatic N) is 1. The Morgan fingerprint density at radius 3 is 2.53 bits per heavy atom. The van der Waals surface area contributed by atoms with Crippen LogP contribution in [0.4, 0.5) is 0 Å². The van der Waals surface area contributed by atoms with Crippen molar-refractivity contribution in [1.29, 1.82) is 0 Å². The van der Waals surface area contributed by atoms with Gasteiger partial charge in [0.1, 0.15) is 0 Å². The van der Waals surface area contributed by atoms with Gasteiger partial charge in [0.2, 0.25) is 10.0 Å². The predicted molar refractivity (Wildman–Crippen MR) is 126 cm³/mol. The van der Waals surface area contributed by atoms with Gasteiger partial charge in [0.25, 0.3) is 0 Å². The van der Waals surface area contributed by atoms with Gasteiger partial charge >= 0.3 is 5.97 Å². The molecule has 0 aromatic heterocycles. The van der Waals surface area contributed by atoms with Crippen molar-refractivity contribution in [2.45, 2.75) is 56.1 Å². The number of aliphatic carboxylic acids is 1. The molecule has 1 saturated heterocycles. The van der Waals surface area contributed by atoms with Crippen LogP contribution in [0.25, 0.3) is 0 Å². The molecule has 1 heterocycles. The van der Waals surface area contributed by atoms with Crippen LogP contribution in [-0.4, -0.2) is 43.0 Å². The van der Waals surface area contributed by atoms with E-state index >= 15 is 0 Å². The molecule has 1 aliphatic rings. The lowest BCUT2D eigenvalue weighted by Gasteiger charge is -2.22. The van der Waals surface area contributed by atoms with E-state index in [-0.39, 0.29) is 23.4 Å². The standard InChI is InChI=1S/C24H29ClN2O4S/c1-18-7-9-19(10-8-18)16-27-17-21(15-22(27)5-3-2-4-6-24(28)29)26-32(30,31)23-13-11-20(25)12-14-23/h3,5,7-14,21-22,26H,2,4,6,15-17H2,1H3,(H,28,29)/t21-,22-/m1/s1. The average Bonchev–Trinajstić information content (AvgIpc) is 3.09. The van der Waals surface area contributed by atoms with E-state index < -0.39 is 16.0 Å². The number of rotatable bonds is 10. The van der Waals surface area contributed by atoms with Gasteiger partial charge in [-0.2, -0.15) is 0 Å². The highest BCUT2D eigenvalue weighted by atomic mass is 35.5. The van der Waals surface area contributed by atoms with Crippen LogP contribution in [0.2, 0.25) is 5.02 Å². The summed E-state index contributed by atoms with van der Waals surface area (Å²) in [6.07, 6.45) is 6.14. The van der Waals surface area contributed by atoms with Crippen LogP contribution in [0, 0.1) is 6.92 Å². The second-order valence-electron chi connectivity index (χ2n) is 8.20. The molecule has 3 rings (SSSR count). The molecule has 0 bridgehead atoms. The summed E-state index contributed by atoms with van der Waals surface area (Å²) in [5.41, 5.74) is 2.36.